The van der Waals surface area contributed by atoms with Gasteiger partial charge in [-0.1, -0.05) is 13.8 Å². The Morgan fingerprint density at radius 2 is 2.07 bits per heavy atom. The molecule has 0 bridgehead atoms. The van der Waals surface area contributed by atoms with E-state index in [0.717, 1.165) is 0 Å². The minimum absolute atomic E-state index is 0.00333. The van der Waals surface area contributed by atoms with Crippen molar-refractivity contribution in [2.45, 2.75) is 32.9 Å². The number of hydrogen-bond acceptors (Lipinski definition) is 2. The van der Waals surface area contributed by atoms with Crippen molar-refractivity contribution in [1.82, 2.24) is 10.2 Å². The summed E-state index contributed by atoms with van der Waals surface area (Å²) in [7, 11) is 0. The molecule has 1 aliphatic heterocycles. The number of nitrogens with zero attached hydrogens (tertiary/aromatic N) is 1. The minimum Gasteiger partial charge on any atom is -0.342 e. The van der Waals surface area contributed by atoms with Crippen molar-refractivity contribution in [3.8, 4) is 0 Å². The van der Waals surface area contributed by atoms with Crippen LogP contribution in [0.25, 0.3) is 0 Å². The third-order valence-corrected chi connectivity index (χ3v) is 2.69. The van der Waals surface area contributed by atoms with Crippen molar-refractivity contribution >= 4 is 11.8 Å². The van der Waals surface area contributed by atoms with Gasteiger partial charge in [-0.3, -0.25) is 9.59 Å². The Labute approximate surface area is 88.8 Å². The first-order chi connectivity index (χ1) is 6.99. The van der Waals surface area contributed by atoms with Crippen molar-refractivity contribution in [1.29, 1.82) is 0 Å². The van der Waals surface area contributed by atoms with Crippen LogP contribution in [0.15, 0.2) is 0 Å². The molecule has 2 atom stereocenters. The van der Waals surface area contributed by atoms with Crippen molar-refractivity contribution < 1.29 is 14.0 Å². The van der Waals surface area contributed by atoms with Crippen LogP contribution in [-0.2, 0) is 9.59 Å². The molecule has 0 spiro atoms. The van der Waals surface area contributed by atoms with Crippen LogP contribution in [0.2, 0.25) is 0 Å². The third-order valence-electron chi connectivity index (χ3n) is 2.69. The summed E-state index contributed by atoms with van der Waals surface area (Å²) in [6, 6.07) is -1.08. The number of carbonyl (C=O) groups excluding carboxylic acids is 2. The van der Waals surface area contributed by atoms with E-state index in [1.54, 1.807) is 6.92 Å². The highest BCUT2D eigenvalue weighted by Gasteiger charge is 2.38. The molecular formula is C10H17FN2O2. The van der Waals surface area contributed by atoms with Crippen LogP contribution in [0, 0.1) is 5.92 Å². The van der Waals surface area contributed by atoms with E-state index in [2.05, 4.69) is 5.32 Å². The Kier molecular flexibility index (Phi) is 3.66. The maximum absolute atomic E-state index is 12.3. The largest absolute Gasteiger partial charge is 0.342 e. The molecule has 86 valence electrons. The second-order valence-corrected chi connectivity index (χ2v) is 4.13. The molecule has 15 heavy (non-hydrogen) atoms. The molecule has 4 nitrogen and oxygen atoms in total. The molecule has 0 radical (unpaired) electrons. The highest BCUT2D eigenvalue weighted by atomic mass is 19.1. The van der Waals surface area contributed by atoms with E-state index < -0.39 is 18.8 Å². The van der Waals surface area contributed by atoms with E-state index in [1.807, 2.05) is 13.8 Å². The van der Waals surface area contributed by atoms with E-state index in [9.17, 15) is 14.0 Å². The van der Waals surface area contributed by atoms with Crippen molar-refractivity contribution in [2.24, 2.45) is 5.92 Å². The highest BCUT2D eigenvalue weighted by molar-refractivity contribution is 5.96. The molecule has 0 aromatic rings. The van der Waals surface area contributed by atoms with Gasteiger partial charge in [0.25, 0.3) is 0 Å². The van der Waals surface area contributed by atoms with Crippen LogP contribution < -0.4 is 5.32 Å². The van der Waals surface area contributed by atoms with Crippen molar-refractivity contribution in [3.05, 3.63) is 0 Å². The van der Waals surface area contributed by atoms with E-state index >= 15 is 0 Å². The van der Waals surface area contributed by atoms with Gasteiger partial charge in [0.05, 0.1) is 0 Å². The number of hydrogen-bond donors (Lipinski definition) is 1. The summed E-state index contributed by atoms with van der Waals surface area (Å²) >= 11 is 0. The second kappa shape index (κ2) is 4.59. The number of amides is 2. The lowest BCUT2D eigenvalue weighted by Gasteiger charge is -2.38. The van der Waals surface area contributed by atoms with Gasteiger partial charge in [-0.25, -0.2) is 4.39 Å². The maximum atomic E-state index is 12.3. The van der Waals surface area contributed by atoms with Gasteiger partial charge >= 0.3 is 0 Å². The van der Waals surface area contributed by atoms with Crippen LogP contribution >= 0.6 is 0 Å². The van der Waals surface area contributed by atoms with Crippen LogP contribution in [0.4, 0.5) is 4.39 Å². The molecule has 1 rings (SSSR count). The van der Waals surface area contributed by atoms with E-state index in [0.29, 0.717) is 0 Å². The van der Waals surface area contributed by atoms with Crippen LogP contribution in [0.1, 0.15) is 20.8 Å². The van der Waals surface area contributed by atoms with Gasteiger partial charge in [-0.2, -0.15) is 0 Å². The first kappa shape index (κ1) is 11.9. The first-order valence-electron chi connectivity index (χ1n) is 5.15. The fourth-order valence-corrected chi connectivity index (χ4v) is 1.69. The second-order valence-electron chi connectivity index (χ2n) is 4.13. The molecule has 0 aromatic carbocycles. The van der Waals surface area contributed by atoms with Gasteiger partial charge in [0.15, 0.2) is 0 Å². The molecule has 5 heteroatoms. The predicted molar refractivity (Wildman–Crippen MR) is 53.9 cm³/mol. The zero-order valence-electron chi connectivity index (χ0n) is 9.29. The predicted octanol–water partition coefficient (Wildman–Crippen LogP) is 0.327. The van der Waals surface area contributed by atoms with Gasteiger partial charge in [0, 0.05) is 6.54 Å². The Hall–Kier alpha value is -1.13. The molecule has 1 saturated heterocycles. The fourth-order valence-electron chi connectivity index (χ4n) is 1.69. The summed E-state index contributed by atoms with van der Waals surface area (Å²) in [4.78, 5) is 24.7. The Morgan fingerprint density at radius 1 is 1.47 bits per heavy atom. The van der Waals surface area contributed by atoms with Crippen LogP contribution in [0.3, 0.4) is 0 Å². The van der Waals surface area contributed by atoms with Crippen LogP contribution in [0.5, 0.6) is 0 Å². The highest BCUT2D eigenvalue weighted by Crippen LogP contribution is 2.14. The third kappa shape index (κ3) is 2.27. The molecule has 1 heterocycles. The fraction of sp³-hybridized carbons (Fsp3) is 0.800. The van der Waals surface area contributed by atoms with E-state index in [4.69, 9.17) is 0 Å². The smallest absolute Gasteiger partial charge is 0.246 e. The lowest BCUT2D eigenvalue weighted by atomic mass is 9.98. The maximum Gasteiger partial charge on any atom is 0.246 e. The monoisotopic (exact) mass is 216 g/mol. The molecule has 1 fully saturated rings. The summed E-state index contributed by atoms with van der Waals surface area (Å²) in [6.45, 7) is 4.70. The first-order valence-corrected chi connectivity index (χ1v) is 5.15. The summed E-state index contributed by atoms with van der Waals surface area (Å²) in [5.74, 6) is -0.368. The van der Waals surface area contributed by atoms with Crippen molar-refractivity contribution in [3.63, 3.8) is 0 Å². The van der Waals surface area contributed by atoms with Gasteiger partial charge in [0.2, 0.25) is 11.8 Å². The Balaban J connectivity index is 2.84. The quantitative estimate of drug-likeness (QED) is 0.739. The normalized spacial score (nSPS) is 27.1. The molecule has 0 saturated carbocycles. The molecule has 0 aromatic heterocycles. The average Bonchev–Trinajstić information content (AvgIpc) is 2.18. The zero-order chi connectivity index (χ0) is 11.6. The summed E-state index contributed by atoms with van der Waals surface area (Å²) in [5, 5.41) is 2.65. The number of halogens is 1. The van der Waals surface area contributed by atoms with E-state index in [1.165, 1.54) is 4.90 Å². The molecule has 1 N–H and O–H groups in total. The standard InChI is InChI=1S/C10H17FN2O2/c1-6(2)8-10(15)13(5-4-11)7(3)9(14)12-8/h6-8H,4-5H2,1-3H3,(H,12,14). The van der Waals surface area contributed by atoms with Gasteiger partial charge in [-0.15, -0.1) is 0 Å². The number of nitrogens with one attached hydrogen (secondary N) is 1. The molecule has 0 aliphatic carbocycles. The lowest BCUT2D eigenvalue weighted by Crippen LogP contribution is -2.64. The van der Waals surface area contributed by atoms with Gasteiger partial charge in [0.1, 0.15) is 18.8 Å². The summed E-state index contributed by atoms with van der Waals surface area (Å²) < 4.78 is 12.3. The molecule has 2 amide bonds. The van der Waals surface area contributed by atoms with Crippen molar-refractivity contribution in [2.75, 3.05) is 13.2 Å². The van der Waals surface area contributed by atoms with Gasteiger partial charge < -0.3 is 10.2 Å². The number of carbonyl (C=O) groups is 2. The zero-order valence-corrected chi connectivity index (χ0v) is 9.29. The van der Waals surface area contributed by atoms with Crippen LogP contribution in [-0.4, -0.2) is 42.0 Å². The van der Waals surface area contributed by atoms with Gasteiger partial charge in [-0.05, 0) is 12.8 Å². The summed E-state index contributed by atoms with van der Waals surface area (Å²) in [5.41, 5.74) is 0. The summed E-state index contributed by atoms with van der Waals surface area (Å²) in [6.07, 6.45) is 0. The molecule has 1 aliphatic rings. The molecule has 2 unspecified atom stereocenters. The number of piperazine rings is 1. The Morgan fingerprint density at radius 3 is 2.53 bits per heavy atom. The lowest BCUT2D eigenvalue weighted by molar-refractivity contribution is -0.150. The average molecular weight is 216 g/mol. The Bertz CT molecular complexity index is 268. The SMILES string of the molecule is CC(C)C1NC(=O)C(C)N(CCF)C1=O. The molecular weight excluding hydrogens is 199 g/mol. The topological polar surface area (TPSA) is 49.4 Å². The number of rotatable bonds is 3. The van der Waals surface area contributed by atoms with E-state index in [-0.39, 0.29) is 24.3 Å². The minimum atomic E-state index is -0.617. The number of alkyl halides is 1.